The number of hydrogen-bond donors (Lipinski definition) is 0. The number of nitrogens with zero attached hydrogens (tertiary/aromatic N) is 2. The van der Waals surface area contributed by atoms with Crippen molar-refractivity contribution < 1.29 is 14.2 Å². The molecule has 158 valence electrons. The number of benzene rings is 2. The number of methoxy groups -OCH3 is 3. The molecule has 30 heavy (non-hydrogen) atoms. The molecule has 4 rings (SSSR count). The van der Waals surface area contributed by atoms with Crippen molar-refractivity contribution in [1.82, 2.24) is 9.47 Å². The number of aromatic nitrogens is 1. The molecule has 0 N–H and O–H groups in total. The second-order valence-corrected chi connectivity index (χ2v) is 7.87. The van der Waals surface area contributed by atoms with Gasteiger partial charge in [0, 0.05) is 36.5 Å². The third-order valence-electron chi connectivity index (χ3n) is 5.66. The van der Waals surface area contributed by atoms with E-state index >= 15 is 0 Å². The Balaban J connectivity index is 1.81. The van der Waals surface area contributed by atoms with Crippen molar-refractivity contribution in [2.24, 2.45) is 0 Å². The average molecular weight is 427 g/mol. The number of fused-ring (bicyclic) bond motifs is 1. The van der Waals surface area contributed by atoms with Crippen LogP contribution in [0.15, 0.2) is 54.7 Å². The van der Waals surface area contributed by atoms with Crippen LogP contribution in [0.5, 0.6) is 17.2 Å². The van der Waals surface area contributed by atoms with Crippen LogP contribution in [0.25, 0.3) is 0 Å². The fourth-order valence-electron chi connectivity index (χ4n) is 4.27. The van der Waals surface area contributed by atoms with Crippen LogP contribution in [-0.2, 0) is 13.1 Å². The Labute approximate surface area is 182 Å². The number of halogens is 1. The van der Waals surface area contributed by atoms with Crippen LogP contribution in [-0.4, -0.2) is 37.3 Å². The van der Waals surface area contributed by atoms with Crippen molar-refractivity contribution in [3.63, 3.8) is 0 Å². The van der Waals surface area contributed by atoms with E-state index in [1.807, 2.05) is 12.1 Å². The zero-order valence-corrected chi connectivity index (χ0v) is 18.4. The summed E-state index contributed by atoms with van der Waals surface area (Å²) in [4.78, 5) is 2.50. The first-order valence-electron chi connectivity index (χ1n) is 10.1. The van der Waals surface area contributed by atoms with Crippen molar-refractivity contribution in [1.29, 1.82) is 0 Å². The minimum atomic E-state index is 0.0619. The SMILES string of the molecule is COc1cc(C2c3cccn3CCCN2Cc2ccc(Cl)cc2)cc(OC)c1OC. The van der Waals surface area contributed by atoms with Crippen molar-refractivity contribution in [3.05, 3.63) is 76.6 Å². The monoisotopic (exact) mass is 426 g/mol. The van der Waals surface area contributed by atoms with E-state index in [-0.39, 0.29) is 6.04 Å². The third-order valence-corrected chi connectivity index (χ3v) is 5.91. The molecule has 1 aromatic heterocycles. The Morgan fingerprint density at radius 1 is 0.933 bits per heavy atom. The molecule has 0 radical (unpaired) electrons. The summed E-state index contributed by atoms with van der Waals surface area (Å²) in [5.41, 5.74) is 3.60. The third kappa shape index (κ3) is 4.00. The maximum Gasteiger partial charge on any atom is 0.203 e. The second kappa shape index (κ2) is 9.02. The maximum atomic E-state index is 6.10. The number of hydrogen-bond acceptors (Lipinski definition) is 4. The molecule has 0 amide bonds. The van der Waals surface area contributed by atoms with Gasteiger partial charge in [0.25, 0.3) is 0 Å². The molecule has 2 aromatic carbocycles. The first-order valence-corrected chi connectivity index (χ1v) is 10.5. The van der Waals surface area contributed by atoms with E-state index < -0.39 is 0 Å². The highest BCUT2D eigenvalue weighted by molar-refractivity contribution is 6.30. The quantitative estimate of drug-likeness (QED) is 0.545. The fourth-order valence-corrected chi connectivity index (χ4v) is 4.40. The summed E-state index contributed by atoms with van der Waals surface area (Å²) in [6.07, 6.45) is 3.24. The lowest BCUT2D eigenvalue weighted by molar-refractivity contribution is 0.219. The van der Waals surface area contributed by atoms with E-state index in [0.29, 0.717) is 17.2 Å². The molecule has 3 aromatic rings. The highest BCUT2D eigenvalue weighted by Gasteiger charge is 2.29. The Morgan fingerprint density at radius 2 is 1.63 bits per heavy atom. The molecule has 1 aliphatic heterocycles. The highest BCUT2D eigenvalue weighted by Crippen LogP contribution is 2.43. The minimum Gasteiger partial charge on any atom is -0.493 e. The van der Waals surface area contributed by atoms with Crippen molar-refractivity contribution in [3.8, 4) is 17.2 Å². The van der Waals surface area contributed by atoms with Gasteiger partial charge in [0.05, 0.1) is 27.4 Å². The Bertz CT molecular complexity index is 975. The van der Waals surface area contributed by atoms with Crippen LogP contribution in [0.1, 0.15) is 29.3 Å². The van der Waals surface area contributed by atoms with Gasteiger partial charge in [-0.25, -0.2) is 0 Å². The van der Waals surface area contributed by atoms with E-state index in [0.717, 1.165) is 36.6 Å². The van der Waals surface area contributed by atoms with E-state index in [1.165, 1.54) is 11.3 Å². The highest BCUT2D eigenvalue weighted by atomic mass is 35.5. The lowest BCUT2D eigenvalue weighted by atomic mass is 9.99. The molecule has 0 saturated carbocycles. The van der Waals surface area contributed by atoms with Crippen LogP contribution >= 0.6 is 11.6 Å². The summed E-state index contributed by atoms with van der Waals surface area (Å²) < 4.78 is 19.1. The van der Waals surface area contributed by atoms with E-state index in [4.69, 9.17) is 25.8 Å². The molecule has 1 unspecified atom stereocenters. The van der Waals surface area contributed by atoms with Gasteiger partial charge in [0.15, 0.2) is 11.5 Å². The Hall–Kier alpha value is -2.63. The molecule has 1 atom stereocenters. The van der Waals surface area contributed by atoms with E-state index in [1.54, 1.807) is 21.3 Å². The second-order valence-electron chi connectivity index (χ2n) is 7.44. The van der Waals surface area contributed by atoms with Crippen LogP contribution in [0.3, 0.4) is 0 Å². The maximum absolute atomic E-state index is 6.10. The standard InChI is InChI=1S/C24H27ClN2O3/c1-28-21-14-18(15-22(29-2)24(21)30-3)23-20-6-4-11-26(20)12-5-13-27(23)16-17-7-9-19(25)10-8-17/h4,6-11,14-15,23H,5,12-13,16H2,1-3H3. The molecule has 0 saturated heterocycles. The molecule has 0 spiro atoms. The molecule has 0 aliphatic carbocycles. The molecular formula is C24H27ClN2O3. The Kier molecular flexibility index (Phi) is 6.21. The fraction of sp³-hybridized carbons (Fsp3) is 0.333. The van der Waals surface area contributed by atoms with Crippen LogP contribution in [0.4, 0.5) is 0 Å². The van der Waals surface area contributed by atoms with E-state index in [9.17, 15) is 0 Å². The molecule has 0 bridgehead atoms. The first kappa shape index (κ1) is 20.6. The van der Waals surface area contributed by atoms with Crippen LogP contribution in [0.2, 0.25) is 5.02 Å². The van der Waals surface area contributed by atoms with Crippen molar-refractivity contribution in [2.45, 2.75) is 25.6 Å². The predicted octanol–water partition coefficient (Wildman–Crippen LogP) is 5.16. The van der Waals surface area contributed by atoms with Gasteiger partial charge in [-0.05, 0) is 53.9 Å². The van der Waals surface area contributed by atoms with Gasteiger partial charge in [-0.15, -0.1) is 0 Å². The van der Waals surface area contributed by atoms with Crippen LogP contribution in [0, 0.1) is 0 Å². The summed E-state index contributed by atoms with van der Waals surface area (Å²) in [7, 11) is 4.94. The summed E-state index contributed by atoms with van der Waals surface area (Å²) >= 11 is 6.10. The smallest absolute Gasteiger partial charge is 0.203 e. The summed E-state index contributed by atoms with van der Waals surface area (Å²) in [6.45, 7) is 2.80. The minimum absolute atomic E-state index is 0.0619. The Morgan fingerprint density at radius 3 is 2.27 bits per heavy atom. The number of rotatable bonds is 6. The molecule has 6 heteroatoms. The van der Waals surface area contributed by atoms with Gasteiger partial charge in [0.1, 0.15) is 0 Å². The number of ether oxygens (including phenoxy) is 3. The summed E-state index contributed by atoms with van der Waals surface area (Å²) in [5, 5.41) is 0.754. The number of aryl methyl sites for hydroxylation is 1. The van der Waals surface area contributed by atoms with Gasteiger partial charge in [-0.3, -0.25) is 4.90 Å². The van der Waals surface area contributed by atoms with Crippen LogP contribution < -0.4 is 14.2 Å². The summed E-state index contributed by atoms with van der Waals surface area (Å²) in [5.74, 6) is 1.94. The molecule has 0 fully saturated rings. The molecule has 5 nitrogen and oxygen atoms in total. The lowest BCUT2D eigenvalue weighted by Gasteiger charge is -2.31. The van der Waals surface area contributed by atoms with E-state index in [2.05, 4.69) is 52.1 Å². The zero-order chi connectivity index (χ0) is 21.1. The predicted molar refractivity (Wildman–Crippen MR) is 119 cm³/mol. The lowest BCUT2D eigenvalue weighted by Crippen LogP contribution is -2.29. The largest absolute Gasteiger partial charge is 0.493 e. The van der Waals surface area contributed by atoms with Crippen molar-refractivity contribution in [2.75, 3.05) is 27.9 Å². The van der Waals surface area contributed by atoms with Gasteiger partial charge in [-0.1, -0.05) is 23.7 Å². The topological polar surface area (TPSA) is 35.9 Å². The van der Waals surface area contributed by atoms with Gasteiger partial charge < -0.3 is 18.8 Å². The molecule has 2 heterocycles. The molecular weight excluding hydrogens is 400 g/mol. The zero-order valence-electron chi connectivity index (χ0n) is 17.6. The molecule has 1 aliphatic rings. The van der Waals surface area contributed by atoms with Gasteiger partial charge in [-0.2, -0.15) is 0 Å². The first-order chi connectivity index (χ1) is 14.6. The van der Waals surface area contributed by atoms with Gasteiger partial charge in [0.2, 0.25) is 5.75 Å². The summed E-state index contributed by atoms with van der Waals surface area (Å²) in [6, 6.07) is 16.6. The average Bonchev–Trinajstić information content (AvgIpc) is 3.15. The normalized spacial score (nSPS) is 16.6. The van der Waals surface area contributed by atoms with Gasteiger partial charge >= 0.3 is 0 Å². The van der Waals surface area contributed by atoms with Crippen molar-refractivity contribution >= 4 is 11.6 Å².